The van der Waals surface area contributed by atoms with Gasteiger partial charge < -0.3 is 5.32 Å². The van der Waals surface area contributed by atoms with Crippen LogP contribution in [0.25, 0.3) is 0 Å². The summed E-state index contributed by atoms with van der Waals surface area (Å²) in [5, 5.41) is 4.78. The Kier molecular flexibility index (Phi) is 6.13. The predicted octanol–water partition coefficient (Wildman–Crippen LogP) is 3.16. The fraction of sp³-hybridized carbons (Fsp3) is 0.333. The van der Waals surface area contributed by atoms with Crippen LogP contribution in [-0.2, 0) is 21.1 Å². The molecule has 1 unspecified atom stereocenters. The van der Waals surface area contributed by atoms with Crippen LogP contribution in [0.3, 0.4) is 0 Å². The average Bonchev–Trinajstić information content (AvgIpc) is 3.00. The van der Waals surface area contributed by atoms with Gasteiger partial charge in [-0.15, -0.1) is 11.3 Å². The Morgan fingerprint density at radius 2 is 1.84 bits per heavy atom. The van der Waals surface area contributed by atoms with Crippen LogP contribution in [0.5, 0.6) is 0 Å². The summed E-state index contributed by atoms with van der Waals surface area (Å²) in [6.45, 7) is 3.46. The van der Waals surface area contributed by atoms with Crippen LogP contribution in [0.4, 0.5) is 0 Å². The molecule has 25 heavy (non-hydrogen) atoms. The van der Waals surface area contributed by atoms with Gasteiger partial charge in [0, 0.05) is 6.26 Å². The number of hydrogen-bond acceptors (Lipinski definition) is 5. The third-order valence-electron chi connectivity index (χ3n) is 3.82. The Bertz CT molecular complexity index is 867. The van der Waals surface area contributed by atoms with Crippen molar-refractivity contribution >= 4 is 32.9 Å². The number of hydrogen-bond donors (Lipinski definition) is 1. The molecule has 1 aromatic carbocycles. The number of ketones is 1. The van der Waals surface area contributed by atoms with Gasteiger partial charge in [0.05, 0.1) is 22.2 Å². The van der Waals surface area contributed by atoms with E-state index in [1.807, 2.05) is 12.3 Å². The second-order valence-corrected chi connectivity index (χ2v) is 8.85. The molecule has 1 atom stereocenters. The summed E-state index contributed by atoms with van der Waals surface area (Å²) in [6.07, 6.45) is 2.06. The van der Waals surface area contributed by atoms with Crippen molar-refractivity contribution in [3.8, 4) is 0 Å². The van der Waals surface area contributed by atoms with Crippen LogP contribution in [0.1, 0.15) is 47.1 Å². The molecular weight excluding hydrogens is 358 g/mol. The van der Waals surface area contributed by atoms with Crippen molar-refractivity contribution < 1.29 is 18.0 Å². The minimum Gasteiger partial charge on any atom is -0.349 e. The number of carbonyl (C=O) groups excluding carboxylic acids is 2. The van der Waals surface area contributed by atoms with Crippen LogP contribution in [0, 0.1) is 0 Å². The van der Waals surface area contributed by atoms with Crippen molar-refractivity contribution in [1.82, 2.24) is 5.32 Å². The number of Topliss-reactive ketones (excluding diaryl/α,β-unsaturated/α-hetero) is 1. The van der Waals surface area contributed by atoms with Crippen LogP contribution in [0.15, 0.2) is 40.6 Å². The first-order chi connectivity index (χ1) is 11.7. The number of amides is 1. The van der Waals surface area contributed by atoms with Gasteiger partial charge in [-0.2, -0.15) is 0 Å². The minimum atomic E-state index is -3.23. The lowest BCUT2D eigenvalue weighted by molar-refractivity contribution is -0.121. The van der Waals surface area contributed by atoms with Crippen LogP contribution >= 0.6 is 11.3 Å². The highest BCUT2D eigenvalue weighted by Gasteiger charge is 2.15. The molecule has 1 amide bonds. The second-order valence-electron chi connectivity index (χ2n) is 5.92. The number of nitrogens with one attached hydrogen (secondary N) is 1. The number of sulfone groups is 1. The zero-order valence-corrected chi connectivity index (χ0v) is 16.0. The van der Waals surface area contributed by atoms with Gasteiger partial charge in [0.2, 0.25) is 5.91 Å². The van der Waals surface area contributed by atoms with E-state index in [2.05, 4.69) is 5.32 Å². The highest BCUT2D eigenvalue weighted by atomic mass is 32.2. The van der Waals surface area contributed by atoms with E-state index in [0.717, 1.165) is 17.4 Å². The topological polar surface area (TPSA) is 80.3 Å². The van der Waals surface area contributed by atoms with Crippen LogP contribution < -0.4 is 5.32 Å². The van der Waals surface area contributed by atoms with E-state index in [4.69, 9.17) is 0 Å². The first kappa shape index (κ1) is 19.3. The van der Waals surface area contributed by atoms with Gasteiger partial charge in [-0.05, 0) is 48.1 Å². The molecule has 1 N–H and O–H groups in total. The molecule has 0 saturated heterocycles. The number of benzene rings is 1. The summed E-state index contributed by atoms with van der Waals surface area (Å²) in [5.74, 6) is -0.138. The molecule has 5 nitrogen and oxygen atoms in total. The molecule has 1 aromatic heterocycles. The number of thiophene rings is 1. The van der Waals surface area contributed by atoms with E-state index < -0.39 is 9.84 Å². The standard InChI is InChI=1S/C18H21NO4S2/c1-4-16(14-5-7-15(8-6-14)25(3,22)23)19-18(21)10-13-9-17(12(2)20)24-11-13/h5-9,11,16H,4,10H2,1-3H3,(H,19,21). The third kappa shape index (κ3) is 5.24. The maximum Gasteiger partial charge on any atom is 0.224 e. The second kappa shape index (κ2) is 7.93. The molecule has 0 radical (unpaired) electrons. The summed E-state index contributed by atoms with van der Waals surface area (Å²) in [5.41, 5.74) is 1.67. The molecule has 2 aromatic rings. The first-order valence-electron chi connectivity index (χ1n) is 7.88. The van der Waals surface area contributed by atoms with E-state index in [1.54, 1.807) is 30.3 Å². The van der Waals surface area contributed by atoms with Crippen molar-refractivity contribution in [1.29, 1.82) is 0 Å². The summed E-state index contributed by atoms with van der Waals surface area (Å²) >= 11 is 1.34. The van der Waals surface area contributed by atoms with E-state index in [1.165, 1.54) is 18.3 Å². The average molecular weight is 380 g/mol. The molecule has 1 heterocycles. The van der Waals surface area contributed by atoms with Gasteiger partial charge in [0.1, 0.15) is 0 Å². The van der Waals surface area contributed by atoms with Crippen molar-refractivity contribution in [2.45, 2.75) is 37.6 Å². The Balaban J connectivity index is 2.05. The molecule has 0 saturated carbocycles. The van der Waals surface area contributed by atoms with Gasteiger partial charge in [0.25, 0.3) is 0 Å². The number of rotatable bonds is 7. The molecule has 0 fully saturated rings. The highest BCUT2D eigenvalue weighted by molar-refractivity contribution is 7.90. The quantitative estimate of drug-likeness (QED) is 0.749. The molecule has 7 heteroatoms. The molecule has 0 aliphatic rings. The Morgan fingerprint density at radius 3 is 2.32 bits per heavy atom. The van der Waals surface area contributed by atoms with Gasteiger partial charge in [-0.1, -0.05) is 19.1 Å². The molecule has 2 rings (SSSR count). The molecule has 0 spiro atoms. The van der Waals surface area contributed by atoms with Gasteiger partial charge >= 0.3 is 0 Å². The smallest absolute Gasteiger partial charge is 0.224 e. The van der Waals surface area contributed by atoms with E-state index in [0.29, 0.717) is 11.3 Å². The third-order valence-corrected chi connectivity index (χ3v) is 6.03. The van der Waals surface area contributed by atoms with Crippen LogP contribution in [0.2, 0.25) is 0 Å². The summed E-state index contributed by atoms with van der Waals surface area (Å²) in [4.78, 5) is 24.5. The molecule has 0 aliphatic carbocycles. The van der Waals surface area contributed by atoms with Crippen molar-refractivity contribution in [3.05, 3.63) is 51.7 Å². The van der Waals surface area contributed by atoms with Crippen molar-refractivity contribution in [2.24, 2.45) is 0 Å². The summed E-state index contributed by atoms with van der Waals surface area (Å²) in [7, 11) is -3.23. The van der Waals surface area contributed by atoms with E-state index in [9.17, 15) is 18.0 Å². The zero-order valence-electron chi connectivity index (χ0n) is 14.4. The number of carbonyl (C=O) groups is 2. The Morgan fingerprint density at radius 1 is 1.20 bits per heavy atom. The molecule has 134 valence electrons. The van der Waals surface area contributed by atoms with Gasteiger partial charge in [-0.3, -0.25) is 9.59 Å². The normalized spacial score (nSPS) is 12.6. The largest absolute Gasteiger partial charge is 0.349 e. The highest BCUT2D eigenvalue weighted by Crippen LogP contribution is 2.20. The lowest BCUT2D eigenvalue weighted by atomic mass is 10.0. The first-order valence-corrected chi connectivity index (χ1v) is 10.7. The molecule has 0 bridgehead atoms. The maximum absolute atomic E-state index is 12.3. The van der Waals surface area contributed by atoms with Crippen molar-refractivity contribution in [3.63, 3.8) is 0 Å². The minimum absolute atomic E-state index is 0.00550. The summed E-state index contributed by atoms with van der Waals surface area (Å²) in [6, 6.07) is 8.11. The Hall–Kier alpha value is -1.99. The fourth-order valence-electron chi connectivity index (χ4n) is 2.45. The predicted molar refractivity (Wildman–Crippen MR) is 98.8 cm³/mol. The molecule has 0 aliphatic heterocycles. The lowest BCUT2D eigenvalue weighted by Gasteiger charge is -2.17. The van der Waals surface area contributed by atoms with Gasteiger partial charge in [0.15, 0.2) is 15.6 Å². The molecular formula is C18H21NO4S2. The van der Waals surface area contributed by atoms with E-state index >= 15 is 0 Å². The van der Waals surface area contributed by atoms with Crippen molar-refractivity contribution in [2.75, 3.05) is 6.26 Å². The van der Waals surface area contributed by atoms with Gasteiger partial charge in [-0.25, -0.2) is 8.42 Å². The van der Waals surface area contributed by atoms with E-state index in [-0.39, 0.29) is 29.0 Å². The zero-order chi connectivity index (χ0) is 18.6. The lowest BCUT2D eigenvalue weighted by Crippen LogP contribution is -2.29. The summed E-state index contributed by atoms with van der Waals surface area (Å²) < 4.78 is 23.0. The fourth-order valence-corrected chi connectivity index (χ4v) is 3.90. The Labute approximate surface area is 152 Å². The monoisotopic (exact) mass is 379 g/mol. The SMILES string of the molecule is CCC(NC(=O)Cc1csc(C(C)=O)c1)c1ccc(S(C)(=O)=O)cc1. The maximum atomic E-state index is 12.3. The van der Waals surface area contributed by atoms with Crippen LogP contribution in [-0.4, -0.2) is 26.4 Å².